The summed E-state index contributed by atoms with van der Waals surface area (Å²) in [4.78, 5) is 15.0. The molecule has 3 atom stereocenters. The highest BCUT2D eigenvalue weighted by Crippen LogP contribution is 2.49. The molecule has 2 aromatic rings. The van der Waals surface area contributed by atoms with Crippen LogP contribution in [-0.2, 0) is 13.9 Å². The number of carbonyl (C=O) groups excluding carboxylic acids is 1. The van der Waals surface area contributed by atoms with Gasteiger partial charge in [0, 0.05) is 6.61 Å². The van der Waals surface area contributed by atoms with Crippen LogP contribution in [0.4, 0.5) is 4.79 Å². The van der Waals surface area contributed by atoms with Crippen LogP contribution in [0.15, 0.2) is 60.7 Å². The standard InChI is InChI=1S/C30H43NO4Si/c1-28(2,3)35-27(32)31-26(21-33-30(31,7)8)25-19-22(25)20-34-36(29(4,5)6,23-15-11-9-12-16-23)24-17-13-10-14-18-24/h9-18,22,25-26H,19-21H2,1-8H3/t22-,25+,26-/m0/s1. The summed E-state index contributed by atoms with van der Waals surface area (Å²) in [6.07, 6.45) is 0.732. The van der Waals surface area contributed by atoms with Gasteiger partial charge in [0.1, 0.15) is 11.3 Å². The fraction of sp³-hybridized carbons (Fsp3) is 0.567. The number of ether oxygens (including phenoxy) is 2. The minimum atomic E-state index is -2.58. The van der Waals surface area contributed by atoms with E-state index in [1.165, 1.54) is 10.4 Å². The monoisotopic (exact) mass is 509 g/mol. The van der Waals surface area contributed by atoms with Gasteiger partial charge in [-0.25, -0.2) is 4.79 Å². The summed E-state index contributed by atoms with van der Waals surface area (Å²) in [5, 5.41) is 2.53. The minimum absolute atomic E-state index is 0.00241. The zero-order valence-corrected chi connectivity index (χ0v) is 24.2. The molecule has 0 aromatic heterocycles. The lowest BCUT2D eigenvalue weighted by molar-refractivity contribution is -0.0633. The third-order valence-corrected chi connectivity index (χ3v) is 12.5. The summed E-state index contributed by atoms with van der Waals surface area (Å²) in [6.45, 7) is 17.7. The first kappa shape index (κ1) is 26.9. The first-order valence-corrected chi connectivity index (χ1v) is 15.1. The molecule has 1 aliphatic heterocycles. The largest absolute Gasteiger partial charge is 0.444 e. The molecule has 2 aromatic carbocycles. The minimum Gasteiger partial charge on any atom is -0.444 e. The normalized spacial score (nSPS) is 24.0. The van der Waals surface area contributed by atoms with E-state index in [4.69, 9.17) is 13.9 Å². The zero-order valence-electron chi connectivity index (χ0n) is 23.2. The van der Waals surface area contributed by atoms with Crippen LogP contribution >= 0.6 is 0 Å². The first-order valence-electron chi connectivity index (χ1n) is 13.2. The highest BCUT2D eigenvalue weighted by atomic mass is 28.4. The molecule has 6 heteroatoms. The van der Waals surface area contributed by atoms with Crippen LogP contribution in [0.25, 0.3) is 0 Å². The zero-order chi connectivity index (χ0) is 26.4. The van der Waals surface area contributed by atoms with E-state index in [1.54, 1.807) is 0 Å². The Morgan fingerprint density at radius 1 is 0.972 bits per heavy atom. The molecule has 196 valence electrons. The lowest BCUT2D eigenvalue weighted by Gasteiger charge is -2.43. The number of nitrogens with zero attached hydrogens (tertiary/aromatic N) is 1. The van der Waals surface area contributed by atoms with E-state index in [1.807, 2.05) is 39.5 Å². The second kappa shape index (κ2) is 9.62. The fourth-order valence-corrected chi connectivity index (χ4v) is 10.4. The summed E-state index contributed by atoms with van der Waals surface area (Å²) >= 11 is 0. The van der Waals surface area contributed by atoms with Gasteiger partial charge in [0.05, 0.1) is 12.6 Å². The Morgan fingerprint density at radius 3 is 1.97 bits per heavy atom. The molecule has 0 N–H and O–H groups in total. The molecule has 36 heavy (non-hydrogen) atoms. The lowest BCUT2D eigenvalue weighted by atomic mass is 10.1. The predicted molar refractivity (Wildman–Crippen MR) is 147 cm³/mol. The SMILES string of the molecule is CC(C)(C)OC(=O)N1[C@H]([C@@H]2C[C@H]2CO[Si](c2ccccc2)(c2ccccc2)C(C)(C)C)COC1(C)C. The van der Waals surface area contributed by atoms with Crippen LogP contribution in [0.3, 0.4) is 0 Å². The third-order valence-electron chi connectivity index (χ3n) is 7.51. The molecule has 5 nitrogen and oxygen atoms in total. The third kappa shape index (κ3) is 5.27. The number of hydrogen-bond donors (Lipinski definition) is 0. The molecule has 2 fully saturated rings. The van der Waals surface area contributed by atoms with Crippen molar-refractivity contribution in [1.82, 2.24) is 4.90 Å². The van der Waals surface area contributed by atoms with Crippen molar-refractivity contribution in [3.63, 3.8) is 0 Å². The van der Waals surface area contributed by atoms with Gasteiger partial charge < -0.3 is 13.9 Å². The summed E-state index contributed by atoms with van der Waals surface area (Å²) in [5.41, 5.74) is -1.23. The fourth-order valence-electron chi connectivity index (χ4n) is 5.74. The van der Waals surface area contributed by atoms with Gasteiger partial charge in [-0.15, -0.1) is 0 Å². The van der Waals surface area contributed by atoms with Gasteiger partial charge in [0.2, 0.25) is 0 Å². The van der Waals surface area contributed by atoms with Crippen LogP contribution in [-0.4, -0.2) is 49.9 Å². The topological polar surface area (TPSA) is 48.0 Å². The van der Waals surface area contributed by atoms with Crippen molar-refractivity contribution in [2.24, 2.45) is 11.8 Å². The Morgan fingerprint density at radius 2 is 1.50 bits per heavy atom. The second-order valence-corrected chi connectivity index (χ2v) is 17.1. The Hall–Kier alpha value is -2.15. The van der Waals surface area contributed by atoms with Gasteiger partial charge in [-0.2, -0.15) is 0 Å². The summed E-state index contributed by atoms with van der Waals surface area (Å²) in [7, 11) is -2.58. The molecule has 0 radical (unpaired) electrons. The highest BCUT2D eigenvalue weighted by molar-refractivity contribution is 6.99. The molecule has 0 bridgehead atoms. The van der Waals surface area contributed by atoms with E-state index < -0.39 is 19.6 Å². The Bertz CT molecular complexity index is 1000. The molecule has 1 aliphatic carbocycles. The number of benzene rings is 2. The Kier molecular flexibility index (Phi) is 7.19. The van der Waals surface area contributed by atoms with E-state index in [-0.39, 0.29) is 17.2 Å². The first-order chi connectivity index (χ1) is 16.8. The Balaban J connectivity index is 1.57. The van der Waals surface area contributed by atoms with Gasteiger partial charge in [-0.3, -0.25) is 4.90 Å². The molecule has 1 saturated heterocycles. The molecule has 1 saturated carbocycles. The van der Waals surface area contributed by atoms with Gasteiger partial charge in [0.15, 0.2) is 0 Å². The van der Waals surface area contributed by atoms with Gasteiger partial charge in [-0.05, 0) is 68.3 Å². The van der Waals surface area contributed by atoms with E-state index >= 15 is 0 Å². The maximum atomic E-state index is 13.1. The molecule has 4 rings (SSSR count). The molecule has 2 aliphatic rings. The van der Waals surface area contributed by atoms with Gasteiger partial charge in [0.25, 0.3) is 8.32 Å². The van der Waals surface area contributed by atoms with Gasteiger partial charge >= 0.3 is 6.09 Å². The second-order valence-electron chi connectivity index (χ2n) is 12.8. The number of hydrogen-bond acceptors (Lipinski definition) is 4. The molecular formula is C30H43NO4Si. The van der Waals surface area contributed by atoms with Crippen LogP contribution < -0.4 is 10.4 Å². The molecule has 1 amide bonds. The smallest absolute Gasteiger partial charge is 0.412 e. The number of rotatable bonds is 6. The van der Waals surface area contributed by atoms with Crippen molar-refractivity contribution < 1.29 is 18.7 Å². The van der Waals surface area contributed by atoms with E-state index in [0.29, 0.717) is 25.0 Å². The van der Waals surface area contributed by atoms with Crippen LogP contribution in [0.1, 0.15) is 61.8 Å². The summed E-state index contributed by atoms with van der Waals surface area (Å²) in [6, 6.07) is 21.5. The maximum Gasteiger partial charge on any atom is 0.412 e. The lowest BCUT2D eigenvalue weighted by Crippen LogP contribution is -2.66. The Labute approximate surface area is 218 Å². The average molecular weight is 510 g/mol. The maximum absolute atomic E-state index is 13.1. The van der Waals surface area contributed by atoms with Crippen LogP contribution in [0, 0.1) is 11.8 Å². The van der Waals surface area contributed by atoms with E-state index in [2.05, 4.69) is 81.4 Å². The summed E-state index contributed by atoms with van der Waals surface area (Å²) < 4.78 is 19.0. The number of amides is 1. The van der Waals surface area contributed by atoms with E-state index in [9.17, 15) is 4.79 Å². The highest BCUT2D eigenvalue weighted by Gasteiger charge is 2.57. The average Bonchev–Trinajstić information content (AvgIpc) is 3.48. The van der Waals surface area contributed by atoms with Gasteiger partial charge in [-0.1, -0.05) is 81.4 Å². The molecule has 0 unspecified atom stereocenters. The van der Waals surface area contributed by atoms with Crippen molar-refractivity contribution >= 4 is 24.8 Å². The van der Waals surface area contributed by atoms with Crippen molar-refractivity contribution in [2.75, 3.05) is 13.2 Å². The quantitative estimate of drug-likeness (QED) is 0.478. The van der Waals surface area contributed by atoms with Crippen molar-refractivity contribution in [3.8, 4) is 0 Å². The molecular weight excluding hydrogens is 466 g/mol. The van der Waals surface area contributed by atoms with Crippen molar-refractivity contribution in [2.45, 2.75) is 84.2 Å². The number of carbonyl (C=O) groups is 1. The van der Waals surface area contributed by atoms with E-state index in [0.717, 1.165) is 6.42 Å². The van der Waals surface area contributed by atoms with Crippen molar-refractivity contribution in [3.05, 3.63) is 60.7 Å². The predicted octanol–water partition coefficient (Wildman–Crippen LogP) is 5.57. The van der Waals surface area contributed by atoms with Crippen LogP contribution in [0.5, 0.6) is 0 Å². The summed E-state index contributed by atoms with van der Waals surface area (Å²) in [5.74, 6) is 0.733. The molecule has 0 spiro atoms. The van der Waals surface area contributed by atoms with Crippen molar-refractivity contribution in [1.29, 1.82) is 0 Å². The van der Waals surface area contributed by atoms with Crippen LogP contribution in [0.2, 0.25) is 5.04 Å². The molecule has 1 heterocycles.